The molecule has 0 bridgehead atoms. The fraction of sp³-hybridized carbons (Fsp3) is 0.0943. The molecule has 9 rings (SSSR count). The molecule has 0 saturated carbocycles. The second kappa shape index (κ2) is 15.1. The van der Waals surface area contributed by atoms with Crippen molar-refractivity contribution in [3.8, 4) is 44.6 Å². The Morgan fingerprint density at radius 2 is 1.04 bits per heavy atom. The number of nitrogens with zero attached hydrogens (tertiary/aromatic N) is 3. The molecule has 8 aromatic rings. The van der Waals surface area contributed by atoms with Crippen LogP contribution in [0, 0.1) is 0 Å². The van der Waals surface area contributed by atoms with Crippen LogP contribution in [0.3, 0.4) is 0 Å². The van der Waals surface area contributed by atoms with Gasteiger partial charge in [0.15, 0.2) is 0 Å². The number of para-hydroxylation sites is 2. The van der Waals surface area contributed by atoms with Gasteiger partial charge in [0, 0.05) is 40.4 Å². The van der Waals surface area contributed by atoms with E-state index in [4.69, 9.17) is 0 Å². The molecule has 0 atom stereocenters. The molecule has 270 valence electrons. The maximum absolute atomic E-state index is 4.64. The van der Waals surface area contributed by atoms with E-state index in [-0.39, 0.29) is 5.41 Å². The van der Waals surface area contributed by atoms with Crippen molar-refractivity contribution in [3.63, 3.8) is 0 Å². The first-order chi connectivity index (χ1) is 27.6. The van der Waals surface area contributed by atoms with E-state index in [9.17, 15) is 0 Å². The summed E-state index contributed by atoms with van der Waals surface area (Å²) in [6.07, 6.45) is 11.8. The lowest BCUT2D eigenvalue weighted by Crippen LogP contribution is -2.23. The van der Waals surface area contributed by atoms with E-state index in [1.807, 2.05) is 6.20 Å². The van der Waals surface area contributed by atoms with E-state index in [0.717, 1.165) is 52.2 Å². The van der Waals surface area contributed by atoms with Crippen LogP contribution in [0.15, 0.2) is 188 Å². The third-order valence-corrected chi connectivity index (χ3v) is 11.5. The summed E-state index contributed by atoms with van der Waals surface area (Å²) in [7, 11) is 0. The zero-order valence-corrected chi connectivity index (χ0v) is 31.8. The summed E-state index contributed by atoms with van der Waals surface area (Å²) in [6.45, 7) is 4.69. The van der Waals surface area contributed by atoms with Gasteiger partial charge in [0.25, 0.3) is 0 Å². The number of anilines is 3. The standard InChI is InChI=1S/C53H43N3/c1-3-53(4-2)50-34-39(24-29-46(50)47-31-28-45(36-51(47)53)56(43-16-10-6-11-17-43)44-18-12-7-13-19-44)21-20-38-22-25-41(26-23-38)49-35-42(40-14-8-5-9-15-40)27-30-48(49)52-37-54-32-33-55-52/h5-37H,3-4H2,1-2H3/b21-20+. The van der Waals surface area contributed by atoms with Gasteiger partial charge in [-0.2, -0.15) is 0 Å². The van der Waals surface area contributed by atoms with Crippen LogP contribution in [-0.2, 0) is 5.41 Å². The van der Waals surface area contributed by atoms with Crippen LogP contribution >= 0.6 is 0 Å². The highest BCUT2D eigenvalue weighted by molar-refractivity contribution is 5.88. The Hall–Kier alpha value is -6.84. The minimum absolute atomic E-state index is 0.0691. The molecular weight excluding hydrogens is 679 g/mol. The molecule has 1 aliphatic carbocycles. The van der Waals surface area contributed by atoms with Gasteiger partial charge in [0.1, 0.15) is 0 Å². The van der Waals surface area contributed by atoms with Crippen molar-refractivity contribution in [2.45, 2.75) is 32.1 Å². The second-order valence-corrected chi connectivity index (χ2v) is 14.5. The van der Waals surface area contributed by atoms with Crippen molar-refractivity contribution < 1.29 is 0 Å². The average Bonchev–Trinajstić information content (AvgIpc) is 3.55. The van der Waals surface area contributed by atoms with Crippen LogP contribution in [0.25, 0.3) is 56.8 Å². The summed E-state index contributed by atoms with van der Waals surface area (Å²) < 4.78 is 0. The molecule has 0 N–H and O–H groups in total. The Labute approximate surface area is 330 Å². The van der Waals surface area contributed by atoms with Crippen molar-refractivity contribution >= 4 is 29.2 Å². The van der Waals surface area contributed by atoms with E-state index in [1.165, 1.54) is 44.6 Å². The minimum Gasteiger partial charge on any atom is -0.310 e. The Bertz CT molecular complexity index is 2590. The molecule has 0 unspecified atom stereocenters. The van der Waals surface area contributed by atoms with Crippen molar-refractivity contribution in [1.29, 1.82) is 0 Å². The molecule has 1 aliphatic rings. The van der Waals surface area contributed by atoms with E-state index < -0.39 is 0 Å². The maximum Gasteiger partial charge on any atom is 0.0891 e. The molecule has 56 heavy (non-hydrogen) atoms. The SMILES string of the molecule is CCC1(CC)c2cc(/C=C/c3ccc(-c4cc(-c5ccccc5)ccc4-c4cnccn4)cc3)ccc2-c2ccc(N(c3ccccc3)c3ccccc3)cc21. The Kier molecular flexibility index (Phi) is 9.42. The van der Waals surface area contributed by atoms with Gasteiger partial charge >= 0.3 is 0 Å². The van der Waals surface area contributed by atoms with E-state index >= 15 is 0 Å². The number of hydrogen-bond donors (Lipinski definition) is 0. The summed E-state index contributed by atoms with van der Waals surface area (Å²) in [6, 6.07) is 61.5. The highest BCUT2D eigenvalue weighted by Crippen LogP contribution is 2.54. The number of rotatable bonds is 10. The molecule has 0 radical (unpaired) electrons. The van der Waals surface area contributed by atoms with Gasteiger partial charge in [0.2, 0.25) is 0 Å². The molecule has 0 saturated heterocycles. The molecule has 1 aromatic heterocycles. The molecule has 3 nitrogen and oxygen atoms in total. The molecule has 7 aromatic carbocycles. The third-order valence-electron chi connectivity index (χ3n) is 11.5. The molecule has 0 amide bonds. The molecule has 0 aliphatic heterocycles. The molecule has 3 heteroatoms. The Balaban J connectivity index is 1.03. The number of hydrogen-bond acceptors (Lipinski definition) is 3. The van der Waals surface area contributed by atoms with Crippen LogP contribution < -0.4 is 4.90 Å². The van der Waals surface area contributed by atoms with E-state index in [1.54, 1.807) is 12.4 Å². The Morgan fingerprint density at radius 3 is 1.68 bits per heavy atom. The Morgan fingerprint density at radius 1 is 0.464 bits per heavy atom. The second-order valence-electron chi connectivity index (χ2n) is 14.5. The van der Waals surface area contributed by atoms with Crippen molar-refractivity contribution in [3.05, 3.63) is 211 Å². The number of benzene rings is 7. The highest BCUT2D eigenvalue weighted by Gasteiger charge is 2.41. The van der Waals surface area contributed by atoms with Crippen LogP contribution in [0.4, 0.5) is 17.1 Å². The van der Waals surface area contributed by atoms with Gasteiger partial charge in [0.05, 0.1) is 11.9 Å². The largest absolute Gasteiger partial charge is 0.310 e. The summed E-state index contributed by atoms with van der Waals surface area (Å²) in [5.74, 6) is 0. The first-order valence-corrected chi connectivity index (χ1v) is 19.6. The number of fused-ring (bicyclic) bond motifs is 3. The van der Waals surface area contributed by atoms with Gasteiger partial charge in [-0.3, -0.25) is 9.97 Å². The van der Waals surface area contributed by atoms with E-state index in [2.05, 4.69) is 211 Å². The van der Waals surface area contributed by atoms with Crippen LogP contribution in [0.2, 0.25) is 0 Å². The highest BCUT2D eigenvalue weighted by atomic mass is 15.1. The molecule has 1 heterocycles. The van der Waals surface area contributed by atoms with Crippen molar-refractivity contribution in [2.75, 3.05) is 4.90 Å². The zero-order valence-electron chi connectivity index (χ0n) is 31.8. The summed E-state index contributed by atoms with van der Waals surface area (Å²) >= 11 is 0. The fourth-order valence-corrected chi connectivity index (χ4v) is 8.58. The smallest absolute Gasteiger partial charge is 0.0891 e. The normalized spacial score (nSPS) is 12.7. The van der Waals surface area contributed by atoms with Crippen molar-refractivity contribution in [2.24, 2.45) is 0 Å². The molecule has 0 fully saturated rings. The predicted octanol–water partition coefficient (Wildman–Crippen LogP) is 14.2. The van der Waals surface area contributed by atoms with Gasteiger partial charge in [-0.15, -0.1) is 0 Å². The lowest BCUT2D eigenvalue weighted by molar-refractivity contribution is 0.490. The predicted molar refractivity (Wildman–Crippen MR) is 235 cm³/mol. The van der Waals surface area contributed by atoms with Crippen LogP contribution in [0.1, 0.15) is 48.9 Å². The lowest BCUT2D eigenvalue weighted by atomic mass is 9.73. The number of aromatic nitrogens is 2. The van der Waals surface area contributed by atoms with Crippen LogP contribution in [0.5, 0.6) is 0 Å². The molecule has 0 spiro atoms. The monoisotopic (exact) mass is 721 g/mol. The van der Waals surface area contributed by atoms with E-state index in [0.29, 0.717) is 0 Å². The van der Waals surface area contributed by atoms with Crippen LogP contribution in [-0.4, -0.2) is 9.97 Å². The quantitative estimate of drug-likeness (QED) is 0.132. The minimum atomic E-state index is -0.0691. The molecular formula is C53H43N3. The average molecular weight is 722 g/mol. The zero-order chi connectivity index (χ0) is 37.9. The van der Waals surface area contributed by atoms with Gasteiger partial charge in [-0.05, 0) is 111 Å². The lowest BCUT2D eigenvalue weighted by Gasteiger charge is -2.32. The van der Waals surface area contributed by atoms with Gasteiger partial charge in [-0.1, -0.05) is 153 Å². The summed E-state index contributed by atoms with van der Waals surface area (Å²) in [4.78, 5) is 11.4. The topological polar surface area (TPSA) is 29.0 Å². The first kappa shape index (κ1) is 34.9. The third kappa shape index (κ3) is 6.41. The first-order valence-electron chi connectivity index (χ1n) is 19.6. The van der Waals surface area contributed by atoms with Gasteiger partial charge in [-0.25, -0.2) is 0 Å². The van der Waals surface area contributed by atoms with Gasteiger partial charge < -0.3 is 4.90 Å². The van der Waals surface area contributed by atoms with Crippen molar-refractivity contribution in [1.82, 2.24) is 9.97 Å². The summed E-state index contributed by atoms with van der Waals surface area (Å²) in [5.41, 5.74) is 17.9. The summed E-state index contributed by atoms with van der Waals surface area (Å²) in [5, 5.41) is 0. The maximum atomic E-state index is 4.64. The fourth-order valence-electron chi connectivity index (χ4n) is 8.58.